The van der Waals surface area contributed by atoms with Crippen LogP contribution >= 0.6 is 8.60 Å². The molecule has 0 bridgehead atoms. The van der Waals surface area contributed by atoms with Gasteiger partial charge in [-0.05, 0) is 68.3 Å². The number of rotatable bonds is 6. The van der Waals surface area contributed by atoms with Gasteiger partial charge in [-0.25, -0.2) is 0 Å². The molecule has 0 saturated carbocycles. The van der Waals surface area contributed by atoms with Crippen LogP contribution in [0.5, 0.6) is 17.2 Å². The van der Waals surface area contributed by atoms with E-state index in [1.165, 1.54) is 5.56 Å². The van der Waals surface area contributed by atoms with Crippen LogP contribution in [-0.4, -0.2) is 0 Å². The van der Waals surface area contributed by atoms with Crippen LogP contribution in [0.4, 0.5) is 0 Å². The summed E-state index contributed by atoms with van der Waals surface area (Å²) in [4.78, 5) is 0. The Balaban J connectivity index is 1.80. The van der Waals surface area contributed by atoms with E-state index in [1.54, 1.807) is 0 Å². The second-order valence-corrected chi connectivity index (χ2v) is 6.94. The first-order valence-electron chi connectivity index (χ1n) is 8.12. The summed E-state index contributed by atoms with van der Waals surface area (Å²) in [6, 6.07) is 23.5. The van der Waals surface area contributed by atoms with Gasteiger partial charge in [0.05, 0.1) is 0 Å². The second-order valence-electron chi connectivity index (χ2n) is 5.94. The Morgan fingerprint density at radius 2 is 1.00 bits per heavy atom. The van der Waals surface area contributed by atoms with Gasteiger partial charge in [-0.3, -0.25) is 0 Å². The first kappa shape index (κ1) is 17.3. The Morgan fingerprint density at radius 3 is 1.48 bits per heavy atom. The highest BCUT2D eigenvalue weighted by molar-refractivity contribution is 7.43. The second kappa shape index (κ2) is 8.04. The highest BCUT2D eigenvalue weighted by Crippen LogP contribution is 2.42. The number of aryl methyl sites for hydroxylation is 3. The van der Waals surface area contributed by atoms with Crippen molar-refractivity contribution in [3.8, 4) is 17.2 Å². The molecule has 4 heteroatoms. The molecule has 0 radical (unpaired) electrons. The predicted molar refractivity (Wildman–Crippen MR) is 102 cm³/mol. The molecule has 0 fully saturated rings. The Bertz CT molecular complexity index is 783. The molecule has 128 valence electrons. The third-order valence-electron chi connectivity index (χ3n) is 3.54. The molecule has 3 aromatic rings. The van der Waals surface area contributed by atoms with Gasteiger partial charge in [-0.15, -0.1) is 0 Å². The van der Waals surface area contributed by atoms with E-state index in [2.05, 4.69) is 0 Å². The van der Waals surface area contributed by atoms with Crippen molar-refractivity contribution in [1.82, 2.24) is 0 Å². The van der Waals surface area contributed by atoms with Crippen LogP contribution in [0.3, 0.4) is 0 Å². The van der Waals surface area contributed by atoms with E-state index in [9.17, 15) is 0 Å². The van der Waals surface area contributed by atoms with E-state index in [0.29, 0.717) is 0 Å². The van der Waals surface area contributed by atoms with Crippen LogP contribution in [0.15, 0.2) is 72.8 Å². The van der Waals surface area contributed by atoms with Crippen molar-refractivity contribution in [1.29, 1.82) is 0 Å². The molecule has 0 aliphatic heterocycles. The molecular weight excluding hydrogens is 331 g/mol. The molecule has 0 aliphatic rings. The lowest BCUT2D eigenvalue weighted by molar-refractivity contribution is 0.388. The average Bonchev–Trinajstić information content (AvgIpc) is 2.57. The van der Waals surface area contributed by atoms with Gasteiger partial charge in [0.1, 0.15) is 17.2 Å². The Labute approximate surface area is 150 Å². The summed E-state index contributed by atoms with van der Waals surface area (Å²) in [5.74, 6) is 2.17. The van der Waals surface area contributed by atoms with Gasteiger partial charge in [0.2, 0.25) is 0 Å². The Hall–Kier alpha value is -2.51. The lowest BCUT2D eigenvalue weighted by atomic mass is 10.2. The zero-order chi connectivity index (χ0) is 17.6. The van der Waals surface area contributed by atoms with Crippen molar-refractivity contribution in [3.05, 3.63) is 89.5 Å². The SMILES string of the molecule is Cc1ccc(OP(Oc2cccc(C)c2)Oc2cccc(C)c2)cc1. The third-order valence-corrected chi connectivity index (χ3v) is 4.62. The van der Waals surface area contributed by atoms with Crippen molar-refractivity contribution in [3.63, 3.8) is 0 Å². The first-order valence-corrected chi connectivity index (χ1v) is 9.22. The summed E-state index contributed by atoms with van der Waals surface area (Å²) in [5, 5.41) is 0. The quantitative estimate of drug-likeness (QED) is 0.482. The van der Waals surface area contributed by atoms with E-state index in [1.807, 2.05) is 93.6 Å². The lowest BCUT2D eigenvalue weighted by Crippen LogP contribution is -2.02. The fourth-order valence-electron chi connectivity index (χ4n) is 2.26. The van der Waals surface area contributed by atoms with Crippen molar-refractivity contribution in [2.75, 3.05) is 0 Å². The molecule has 0 amide bonds. The maximum atomic E-state index is 5.99. The first-order chi connectivity index (χ1) is 12.1. The van der Waals surface area contributed by atoms with Crippen LogP contribution in [0, 0.1) is 20.8 Å². The van der Waals surface area contributed by atoms with Crippen molar-refractivity contribution < 1.29 is 13.6 Å². The number of benzene rings is 3. The van der Waals surface area contributed by atoms with Gasteiger partial charge >= 0.3 is 8.60 Å². The Morgan fingerprint density at radius 1 is 0.520 bits per heavy atom. The summed E-state index contributed by atoms with van der Waals surface area (Å²) in [5.41, 5.74) is 3.42. The Kier molecular flexibility index (Phi) is 5.57. The minimum Gasteiger partial charge on any atom is -0.409 e. The van der Waals surface area contributed by atoms with Crippen molar-refractivity contribution in [2.24, 2.45) is 0 Å². The summed E-state index contributed by atoms with van der Waals surface area (Å²) in [6.07, 6.45) is 0. The van der Waals surface area contributed by atoms with Crippen LogP contribution in [0.1, 0.15) is 16.7 Å². The van der Waals surface area contributed by atoms with Crippen molar-refractivity contribution in [2.45, 2.75) is 20.8 Å². The summed E-state index contributed by atoms with van der Waals surface area (Å²) in [6.45, 7) is 6.09. The van der Waals surface area contributed by atoms with E-state index in [4.69, 9.17) is 13.6 Å². The molecule has 25 heavy (non-hydrogen) atoms. The maximum absolute atomic E-state index is 5.99. The van der Waals surface area contributed by atoms with Crippen LogP contribution in [-0.2, 0) is 0 Å². The summed E-state index contributed by atoms with van der Waals surface area (Å²) < 4.78 is 18.0. The van der Waals surface area contributed by atoms with Gasteiger partial charge in [0, 0.05) is 0 Å². The van der Waals surface area contributed by atoms with Crippen LogP contribution in [0.25, 0.3) is 0 Å². The summed E-state index contributed by atoms with van der Waals surface area (Å²) >= 11 is 0. The topological polar surface area (TPSA) is 27.7 Å². The summed E-state index contributed by atoms with van der Waals surface area (Å²) in [7, 11) is -1.62. The molecule has 0 aliphatic carbocycles. The highest BCUT2D eigenvalue weighted by Gasteiger charge is 2.20. The molecule has 3 rings (SSSR count). The molecule has 3 aromatic carbocycles. The van der Waals surface area contributed by atoms with E-state index >= 15 is 0 Å². The zero-order valence-electron chi connectivity index (χ0n) is 14.6. The van der Waals surface area contributed by atoms with Gasteiger partial charge in [-0.1, -0.05) is 42.0 Å². The minimum atomic E-state index is -1.62. The highest BCUT2D eigenvalue weighted by atomic mass is 31.2. The maximum Gasteiger partial charge on any atom is 0.530 e. The van der Waals surface area contributed by atoms with Crippen LogP contribution < -0.4 is 13.6 Å². The molecule has 0 aromatic heterocycles. The molecule has 0 N–H and O–H groups in total. The molecular formula is C21H21O3P. The molecule has 3 nitrogen and oxygen atoms in total. The molecule has 0 spiro atoms. The normalized spacial score (nSPS) is 10.6. The van der Waals surface area contributed by atoms with E-state index < -0.39 is 8.60 Å². The lowest BCUT2D eigenvalue weighted by Gasteiger charge is -2.18. The monoisotopic (exact) mass is 352 g/mol. The molecule has 0 heterocycles. The predicted octanol–water partition coefficient (Wildman–Crippen LogP) is 6.38. The van der Waals surface area contributed by atoms with E-state index in [-0.39, 0.29) is 0 Å². The smallest absolute Gasteiger partial charge is 0.409 e. The van der Waals surface area contributed by atoms with E-state index in [0.717, 1.165) is 28.4 Å². The largest absolute Gasteiger partial charge is 0.530 e. The fourth-order valence-corrected chi connectivity index (χ4v) is 3.23. The number of hydrogen-bond acceptors (Lipinski definition) is 3. The zero-order valence-corrected chi connectivity index (χ0v) is 15.5. The molecule has 0 atom stereocenters. The van der Waals surface area contributed by atoms with Crippen molar-refractivity contribution >= 4 is 8.60 Å². The standard InChI is InChI=1S/C21H21O3P/c1-16-10-12-19(13-11-16)22-25(23-20-8-4-6-17(2)14-20)24-21-9-5-7-18(3)15-21/h4-15H,1-3H3. The van der Waals surface area contributed by atoms with Gasteiger partial charge in [-0.2, -0.15) is 0 Å². The molecule has 0 unspecified atom stereocenters. The fraction of sp³-hybridized carbons (Fsp3) is 0.143. The molecule has 0 saturated heterocycles. The minimum absolute atomic E-state index is 0.719. The van der Waals surface area contributed by atoms with Gasteiger partial charge < -0.3 is 13.6 Å². The number of hydrogen-bond donors (Lipinski definition) is 0. The van der Waals surface area contributed by atoms with Gasteiger partial charge in [0.25, 0.3) is 0 Å². The third kappa shape index (κ3) is 5.23. The average molecular weight is 352 g/mol. The van der Waals surface area contributed by atoms with Crippen LogP contribution in [0.2, 0.25) is 0 Å². The van der Waals surface area contributed by atoms with Gasteiger partial charge in [0.15, 0.2) is 0 Å².